The molecule has 0 amide bonds. The minimum absolute atomic E-state index is 0. The molecule has 0 saturated carbocycles. The number of carbonyl (C=O) groups is 1. The highest BCUT2D eigenvalue weighted by Gasteiger charge is 2.44. The standard InChI is InChI=1S/C22H25N5O3.C2H6.C2H4.CH4/c1-16(28)9-17-3-2-4-18(10-17)30-21-6-5-20-24-19(11-27(20)25-21)23-15-26-8-7-22(12-26)13-29-14-22;2*1-2;/h2-6,10-11,23H,7-9,12-15H2,1H3;1-2H3;1-2H2;1H4. The lowest BCUT2D eigenvalue weighted by atomic mass is 9.85. The van der Waals surface area contributed by atoms with E-state index in [1.165, 1.54) is 6.42 Å². The number of aromatic nitrogens is 3. The average molecular weight is 482 g/mol. The van der Waals surface area contributed by atoms with Crippen LogP contribution in [0.4, 0.5) is 5.82 Å². The highest BCUT2D eigenvalue weighted by atomic mass is 16.5. The number of benzene rings is 1. The first-order valence-corrected chi connectivity index (χ1v) is 11.7. The monoisotopic (exact) mass is 481 g/mol. The van der Waals surface area contributed by atoms with Crippen molar-refractivity contribution in [2.45, 2.75) is 41.0 Å². The third-order valence-corrected chi connectivity index (χ3v) is 5.69. The molecule has 2 fully saturated rings. The maximum atomic E-state index is 11.3. The van der Waals surface area contributed by atoms with E-state index in [1.807, 2.05) is 50.4 Å². The third kappa shape index (κ3) is 7.13. The predicted octanol–water partition coefficient (Wildman–Crippen LogP) is 5.21. The Labute approximate surface area is 209 Å². The lowest BCUT2D eigenvalue weighted by molar-refractivity contribution is -0.116. The maximum Gasteiger partial charge on any atom is 0.237 e. The summed E-state index contributed by atoms with van der Waals surface area (Å²) in [6.45, 7) is 16.3. The minimum atomic E-state index is 0. The molecule has 0 atom stereocenters. The van der Waals surface area contributed by atoms with Gasteiger partial charge in [0, 0.05) is 31.0 Å². The molecule has 8 nitrogen and oxygen atoms in total. The Morgan fingerprint density at radius 3 is 2.66 bits per heavy atom. The number of anilines is 1. The molecule has 1 spiro atoms. The number of nitrogens with zero attached hydrogens (tertiary/aromatic N) is 4. The van der Waals surface area contributed by atoms with E-state index in [9.17, 15) is 4.79 Å². The van der Waals surface area contributed by atoms with Crippen LogP contribution in [0.25, 0.3) is 5.65 Å². The number of Topliss-reactive ketones (excluding diaryl/α,β-unsaturated/α-hetero) is 1. The quantitative estimate of drug-likeness (QED) is 0.464. The van der Waals surface area contributed by atoms with Crippen LogP contribution in [0.2, 0.25) is 0 Å². The Morgan fingerprint density at radius 2 is 2.00 bits per heavy atom. The van der Waals surface area contributed by atoms with Gasteiger partial charge in [0.1, 0.15) is 17.4 Å². The van der Waals surface area contributed by atoms with Gasteiger partial charge in [0.2, 0.25) is 5.88 Å². The van der Waals surface area contributed by atoms with Crippen LogP contribution in [0, 0.1) is 5.41 Å². The molecule has 0 radical (unpaired) electrons. The van der Waals surface area contributed by atoms with Crippen molar-refractivity contribution in [3.8, 4) is 11.6 Å². The van der Waals surface area contributed by atoms with Crippen LogP contribution in [0.15, 0.2) is 55.8 Å². The number of fused-ring (bicyclic) bond motifs is 1. The van der Waals surface area contributed by atoms with Gasteiger partial charge in [0.25, 0.3) is 0 Å². The first-order chi connectivity index (χ1) is 16.6. The molecule has 4 heterocycles. The second-order valence-electron chi connectivity index (χ2n) is 8.36. The largest absolute Gasteiger partial charge is 0.438 e. The highest BCUT2D eigenvalue weighted by Crippen LogP contribution is 2.37. The van der Waals surface area contributed by atoms with E-state index in [-0.39, 0.29) is 13.2 Å². The summed E-state index contributed by atoms with van der Waals surface area (Å²) < 4.78 is 13.0. The van der Waals surface area contributed by atoms with Gasteiger partial charge in [-0.1, -0.05) is 33.4 Å². The van der Waals surface area contributed by atoms with Crippen LogP contribution in [0.5, 0.6) is 11.6 Å². The van der Waals surface area contributed by atoms with Gasteiger partial charge in [0.05, 0.1) is 26.1 Å². The minimum Gasteiger partial charge on any atom is -0.438 e. The average Bonchev–Trinajstić information content (AvgIpc) is 3.44. The van der Waals surface area contributed by atoms with E-state index in [0.717, 1.165) is 50.0 Å². The van der Waals surface area contributed by atoms with Gasteiger partial charge in [-0.2, -0.15) is 0 Å². The van der Waals surface area contributed by atoms with Crippen LogP contribution < -0.4 is 10.1 Å². The van der Waals surface area contributed by atoms with Crippen molar-refractivity contribution in [1.82, 2.24) is 19.5 Å². The summed E-state index contributed by atoms with van der Waals surface area (Å²) in [5, 5.41) is 7.90. The van der Waals surface area contributed by atoms with E-state index in [4.69, 9.17) is 9.47 Å². The molecule has 190 valence electrons. The third-order valence-electron chi connectivity index (χ3n) is 5.69. The van der Waals surface area contributed by atoms with E-state index >= 15 is 0 Å². The number of ketones is 1. The zero-order valence-electron chi connectivity index (χ0n) is 20.4. The molecule has 2 aliphatic heterocycles. The van der Waals surface area contributed by atoms with Crippen LogP contribution in [-0.4, -0.2) is 58.3 Å². The Morgan fingerprint density at radius 1 is 1.23 bits per heavy atom. The van der Waals surface area contributed by atoms with Gasteiger partial charge in [-0.15, -0.1) is 18.3 Å². The van der Waals surface area contributed by atoms with Crippen LogP contribution >= 0.6 is 0 Å². The van der Waals surface area contributed by atoms with Crippen molar-refractivity contribution < 1.29 is 14.3 Å². The molecule has 0 bridgehead atoms. The number of ether oxygens (including phenoxy) is 2. The Balaban J connectivity index is 0.000000823. The molecule has 1 N–H and O–H groups in total. The number of hydrogen-bond donors (Lipinski definition) is 1. The molecule has 2 aromatic heterocycles. The Hall–Kier alpha value is -3.23. The summed E-state index contributed by atoms with van der Waals surface area (Å²) in [6.07, 6.45) is 3.47. The van der Waals surface area contributed by atoms with Gasteiger partial charge in [-0.3, -0.25) is 9.69 Å². The molecule has 0 unspecified atom stereocenters. The predicted molar refractivity (Wildman–Crippen MR) is 141 cm³/mol. The number of likely N-dealkylation sites (tertiary alicyclic amines) is 1. The Bertz CT molecular complexity index is 1090. The van der Waals surface area contributed by atoms with Crippen molar-refractivity contribution in [2.75, 3.05) is 38.3 Å². The molecule has 0 aliphatic carbocycles. The summed E-state index contributed by atoms with van der Waals surface area (Å²) in [7, 11) is 0. The van der Waals surface area contributed by atoms with Crippen LogP contribution in [0.3, 0.4) is 0 Å². The normalized spacial score (nSPS) is 15.6. The maximum absolute atomic E-state index is 11.3. The molecule has 5 rings (SSSR count). The second kappa shape index (κ2) is 13.0. The van der Waals surface area contributed by atoms with E-state index < -0.39 is 0 Å². The van der Waals surface area contributed by atoms with Crippen molar-refractivity contribution >= 4 is 17.2 Å². The first kappa shape index (κ1) is 28.0. The molecular weight excluding hydrogens is 442 g/mol. The molecule has 35 heavy (non-hydrogen) atoms. The second-order valence-corrected chi connectivity index (χ2v) is 8.36. The van der Waals surface area contributed by atoms with E-state index in [0.29, 0.717) is 23.5 Å². The topological polar surface area (TPSA) is 81.0 Å². The first-order valence-electron chi connectivity index (χ1n) is 11.7. The van der Waals surface area contributed by atoms with Crippen molar-refractivity contribution in [3.63, 3.8) is 0 Å². The number of nitrogens with one attached hydrogen (secondary N) is 1. The fraction of sp³-hybridized carbons (Fsp3) is 0.444. The zero-order chi connectivity index (χ0) is 24.6. The zero-order valence-corrected chi connectivity index (χ0v) is 20.4. The fourth-order valence-electron chi connectivity index (χ4n) is 4.11. The van der Waals surface area contributed by atoms with Gasteiger partial charge in [0.15, 0.2) is 5.65 Å². The van der Waals surface area contributed by atoms with E-state index in [1.54, 1.807) is 17.5 Å². The molecule has 3 aromatic rings. The van der Waals surface area contributed by atoms with Crippen molar-refractivity contribution in [2.24, 2.45) is 5.41 Å². The van der Waals surface area contributed by atoms with Crippen molar-refractivity contribution in [1.29, 1.82) is 0 Å². The molecule has 8 heteroatoms. The molecule has 2 aliphatic rings. The fourth-order valence-corrected chi connectivity index (χ4v) is 4.11. The Kier molecular flexibility index (Phi) is 10.4. The van der Waals surface area contributed by atoms with Gasteiger partial charge < -0.3 is 14.8 Å². The number of carbonyl (C=O) groups excluding carboxylic acids is 1. The summed E-state index contributed by atoms with van der Waals surface area (Å²) in [5.41, 5.74) is 2.06. The molecular formula is C27H39N5O3. The highest BCUT2D eigenvalue weighted by molar-refractivity contribution is 5.78. The van der Waals surface area contributed by atoms with Gasteiger partial charge >= 0.3 is 0 Å². The smallest absolute Gasteiger partial charge is 0.237 e. The van der Waals surface area contributed by atoms with Gasteiger partial charge in [-0.05, 0) is 37.1 Å². The summed E-state index contributed by atoms with van der Waals surface area (Å²) in [6, 6.07) is 11.2. The van der Waals surface area contributed by atoms with Gasteiger partial charge in [-0.25, -0.2) is 9.50 Å². The lowest BCUT2D eigenvalue weighted by Crippen LogP contribution is -2.45. The summed E-state index contributed by atoms with van der Waals surface area (Å²) in [4.78, 5) is 18.3. The SMILES string of the molecule is C.C=C.CC.CC(=O)Cc1cccc(Oc2ccc3nc(NCN4CCC5(COC5)C4)cn3n2)c1. The summed E-state index contributed by atoms with van der Waals surface area (Å²) >= 11 is 0. The number of imidazole rings is 1. The van der Waals surface area contributed by atoms with E-state index in [2.05, 4.69) is 33.5 Å². The number of hydrogen-bond acceptors (Lipinski definition) is 7. The lowest BCUT2D eigenvalue weighted by Gasteiger charge is -2.37. The van der Waals surface area contributed by atoms with Crippen molar-refractivity contribution in [3.05, 3.63) is 61.3 Å². The molecule has 1 aromatic carbocycles. The molecule has 2 saturated heterocycles. The summed E-state index contributed by atoms with van der Waals surface area (Å²) in [5.74, 6) is 2.03. The number of rotatable bonds is 7. The van der Waals surface area contributed by atoms with Crippen LogP contribution in [0.1, 0.15) is 40.2 Å². The van der Waals surface area contributed by atoms with Crippen LogP contribution in [-0.2, 0) is 16.0 Å².